The van der Waals surface area contributed by atoms with E-state index in [1.165, 1.54) is 11.1 Å². The van der Waals surface area contributed by atoms with E-state index in [1.807, 2.05) is 18.2 Å². The first-order valence-electron chi connectivity index (χ1n) is 7.55. The maximum Gasteiger partial charge on any atom is 0.124 e. The predicted molar refractivity (Wildman–Crippen MR) is 91.5 cm³/mol. The van der Waals surface area contributed by atoms with Crippen LogP contribution in [-0.4, -0.2) is 21.5 Å². The predicted octanol–water partition coefficient (Wildman–Crippen LogP) is 3.85. The third-order valence-corrected chi connectivity index (χ3v) is 3.75. The van der Waals surface area contributed by atoms with E-state index in [-0.39, 0.29) is 0 Å². The number of rotatable bonds is 6. The molecule has 3 aromatic rings. The van der Waals surface area contributed by atoms with E-state index in [4.69, 9.17) is 4.98 Å². The summed E-state index contributed by atoms with van der Waals surface area (Å²) in [5, 5.41) is 0. The Balaban J connectivity index is 1.83. The first-order valence-corrected chi connectivity index (χ1v) is 7.55. The topological polar surface area (TPSA) is 21.1 Å². The molecule has 1 aromatic heterocycles. The van der Waals surface area contributed by atoms with Gasteiger partial charge in [0.25, 0.3) is 0 Å². The van der Waals surface area contributed by atoms with Gasteiger partial charge in [-0.3, -0.25) is 4.90 Å². The Morgan fingerprint density at radius 2 is 1.77 bits per heavy atom. The number of para-hydroxylation sites is 2. The van der Waals surface area contributed by atoms with Crippen LogP contribution < -0.4 is 0 Å². The van der Waals surface area contributed by atoms with Gasteiger partial charge in [-0.1, -0.05) is 48.5 Å². The van der Waals surface area contributed by atoms with E-state index < -0.39 is 0 Å². The molecule has 0 saturated heterocycles. The Bertz CT molecular complexity index is 759. The van der Waals surface area contributed by atoms with Crippen molar-refractivity contribution in [1.82, 2.24) is 14.5 Å². The van der Waals surface area contributed by atoms with Crippen LogP contribution in [-0.2, 0) is 19.6 Å². The summed E-state index contributed by atoms with van der Waals surface area (Å²) in [6, 6.07) is 18.8. The van der Waals surface area contributed by atoms with Gasteiger partial charge in [0, 0.05) is 13.1 Å². The maximum atomic E-state index is 4.79. The summed E-state index contributed by atoms with van der Waals surface area (Å²) >= 11 is 0. The van der Waals surface area contributed by atoms with Crippen LogP contribution in [0.1, 0.15) is 11.4 Å². The Morgan fingerprint density at radius 3 is 2.55 bits per heavy atom. The molecule has 0 radical (unpaired) electrons. The quantitative estimate of drug-likeness (QED) is 0.643. The van der Waals surface area contributed by atoms with Crippen LogP contribution >= 0.6 is 0 Å². The second-order valence-electron chi connectivity index (χ2n) is 5.57. The molecule has 3 nitrogen and oxygen atoms in total. The summed E-state index contributed by atoms with van der Waals surface area (Å²) in [5.74, 6) is 1.08. The normalized spacial score (nSPS) is 11.2. The molecule has 1 heterocycles. The van der Waals surface area contributed by atoms with Crippen molar-refractivity contribution < 1.29 is 0 Å². The maximum absolute atomic E-state index is 4.79. The molecule has 3 rings (SSSR count). The van der Waals surface area contributed by atoms with Gasteiger partial charge < -0.3 is 4.57 Å². The number of allylic oxidation sites excluding steroid dienone is 1. The molecule has 0 aliphatic heterocycles. The molecule has 0 aliphatic carbocycles. The van der Waals surface area contributed by atoms with Gasteiger partial charge in [-0.25, -0.2) is 4.98 Å². The monoisotopic (exact) mass is 291 g/mol. The number of fused-ring (bicyclic) bond motifs is 1. The van der Waals surface area contributed by atoms with Crippen molar-refractivity contribution in [3.05, 3.63) is 78.6 Å². The largest absolute Gasteiger partial charge is 0.323 e. The minimum atomic E-state index is 0.787. The van der Waals surface area contributed by atoms with Crippen LogP contribution in [0.4, 0.5) is 0 Å². The van der Waals surface area contributed by atoms with E-state index in [0.29, 0.717) is 0 Å². The second kappa shape index (κ2) is 6.58. The van der Waals surface area contributed by atoms with Crippen LogP contribution in [0.2, 0.25) is 0 Å². The molecule has 22 heavy (non-hydrogen) atoms. The Kier molecular flexibility index (Phi) is 4.35. The lowest BCUT2D eigenvalue weighted by atomic mass is 10.2. The van der Waals surface area contributed by atoms with Gasteiger partial charge in [-0.05, 0) is 24.7 Å². The zero-order valence-corrected chi connectivity index (χ0v) is 12.9. The summed E-state index contributed by atoms with van der Waals surface area (Å²) in [5.41, 5.74) is 3.54. The van der Waals surface area contributed by atoms with Crippen LogP contribution in [0.5, 0.6) is 0 Å². The lowest BCUT2D eigenvalue weighted by Gasteiger charge is -2.17. The smallest absolute Gasteiger partial charge is 0.124 e. The van der Waals surface area contributed by atoms with Crippen molar-refractivity contribution >= 4 is 11.0 Å². The zero-order chi connectivity index (χ0) is 15.4. The fourth-order valence-corrected chi connectivity index (χ4v) is 2.77. The van der Waals surface area contributed by atoms with Crippen molar-refractivity contribution in [2.75, 3.05) is 7.05 Å². The molecule has 0 unspecified atom stereocenters. The van der Waals surface area contributed by atoms with Crippen LogP contribution in [0.25, 0.3) is 11.0 Å². The molecule has 112 valence electrons. The fourth-order valence-electron chi connectivity index (χ4n) is 2.77. The highest BCUT2D eigenvalue weighted by Crippen LogP contribution is 2.17. The van der Waals surface area contributed by atoms with Gasteiger partial charge in [0.2, 0.25) is 0 Å². The van der Waals surface area contributed by atoms with E-state index in [2.05, 4.69) is 65.6 Å². The average Bonchev–Trinajstić information content (AvgIpc) is 2.86. The molecular formula is C19H21N3. The van der Waals surface area contributed by atoms with Gasteiger partial charge in [-0.15, -0.1) is 6.58 Å². The average molecular weight is 291 g/mol. The summed E-state index contributed by atoms with van der Waals surface area (Å²) in [6.07, 6.45) is 1.93. The molecule has 0 spiro atoms. The third kappa shape index (κ3) is 3.10. The van der Waals surface area contributed by atoms with Gasteiger partial charge in [-0.2, -0.15) is 0 Å². The van der Waals surface area contributed by atoms with Crippen molar-refractivity contribution in [2.45, 2.75) is 19.6 Å². The molecule has 0 saturated carbocycles. The van der Waals surface area contributed by atoms with E-state index >= 15 is 0 Å². The molecule has 0 atom stereocenters. The van der Waals surface area contributed by atoms with E-state index in [0.717, 1.165) is 31.0 Å². The minimum absolute atomic E-state index is 0.787. The summed E-state index contributed by atoms with van der Waals surface area (Å²) < 4.78 is 2.24. The molecule has 2 aromatic carbocycles. The van der Waals surface area contributed by atoms with E-state index in [9.17, 15) is 0 Å². The first-order chi connectivity index (χ1) is 10.8. The molecule has 0 N–H and O–H groups in total. The van der Waals surface area contributed by atoms with Crippen molar-refractivity contribution in [3.8, 4) is 0 Å². The molecular weight excluding hydrogens is 270 g/mol. The Hall–Kier alpha value is -2.39. The standard InChI is InChI=1S/C19H21N3/c1-3-13-22-18-12-8-7-11-17(18)20-19(22)15-21(2)14-16-9-5-4-6-10-16/h3-12H,1,13-15H2,2H3. The molecule has 3 heteroatoms. The molecule has 0 bridgehead atoms. The third-order valence-electron chi connectivity index (χ3n) is 3.75. The Labute approximate surface area is 131 Å². The molecule has 0 fully saturated rings. The lowest BCUT2D eigenvalue weighted by Crippen LogP contribution is -2.20. The second-order valence-corrected chi connectivity index (χ2v) is 5.57. The van der Waals surface area contributed by atoms with Crippen molar-refractivity contribution in [3.63, 3.8) is 0 Å². The van der Waals surface area contributed by atoms with Gasteiger partial charge in [0.1, 0.15) is 5.82 Å². The van der Waals surface area contributed by atoms with Crippen molar-refractivity contribution in [1.29, 1.82) is 0 Å². The first kappa shape index (κ1) is 14.5. The number of aromatic nitrogens is 2. The highest BCUT2D eigenvalue weighted by atomic mass is 15.2. The lowest BCUT2D eigenvalue weighted by molar-refractivity contribution is 0.307. The highest BCUT2D eigenvalue weighted by Gasteiger charge is 2.11. The van der Waals surface area contributed by atoms with Gasteiger partial charge in [0.15, 0.2) is 0 Å². The van der Waals surface area contributed by atoms with Gasteiger partial charge >= 0.3 is 0 Å². The fraction of sp³-hybridized carbons (Fsp3) is 0.211. The van der Waals surface area contributed by atoms with Gasteiger partial charge in [0.05, 0.1) is 17.6 Å². The number of imidazole rings is 1. The summed E-state index contributed by atoms with van der Waals surface area (Å²) in [7, 11) is 2.13. The molecule has 0 aliphatic rings. The zero-order valence-electron chi connectivity index (χ0n) is 12.9. The minimum Gasteiger partial charge on any atom is -0.323 e. The summed E-state index contributed by atoms with van der Waals surface area (Å²) in [4.78, 5) is 7.07. The van der Waals surface area contributed by atoms with Crippen LogP contribution in [0.3, 0.4) is 0 Å². The van der Waals surface area contributed by atoms with Crippen LogP contribution in [0, 0.1) is 0 Å². The SMILES string of the molecule is C=CCn1c(CN(C)Cc2ccccc2)nc2ccccc21. The Morgan fingerprint density at radius 1 is 1.05 bits per heavy atom. The number of benzene rings is 2. The molecule has 0 amide bonds. The van der Waals surface area contributed by atoms with Crippen molar-refractivity contribution in [2.24, 2.45) is 0 Å². The number of nitrogens with zero attached hydrogens (tertiary/aromatic N) is 3. The van der Waals surface area contributed by atoms with Crippen LogP contribution in [0.15, 0.2) is 67.3 Å². The highest BCUT2D eigenvalue weighted by molar-refractivity contribution is 5.75. The number of hydrogen-bond acceptors (Lipinski definition) is 2. The van der Waals surface area contributed by atoms with E-state index in [1.54, 1.807) is 0 Å². The number of hydrogen-bond donors (Lipinski definition) is 0. The summed E-state index contributed by atoms with van der Waals surface area (Å²) in [6.45, 7) is 6.39.